The summed E-state index contributed by atoms with van der Waals surface area (Å²) in [7, 11) is 0. The first-order chi connectivity index (χ1) is 13.0. The van der Waals surface area contributed by atoms with Crippen LogP contribution in [0.2, 0.25) is 0 Å². The van der Waals surface area contributed by atoms with Crippen molar-refractivity contribution in [3.8, 4) is 6.07 Å². The van der Waals surface area contributed by atoms with Gasteiger partial charge in [-0.05, 0) is 49.6 Å². The van der Waals surface area contributed by atoms with Crippen molar-refractivity contribution in [3.05, 3.63) is 65.0 Å². The van der Waals surface area contributed by atoms with Crippen molar-refractivity contribution in [1.29, 1.82) is 5.26 Å². The number of rotatable bonds is 5. The van der Waals surface area contributed by atoms with Crippen LogP contribution in [0.15, 0.2) is 42.6 Å². The molecular formula is C21H22N4O2. The van der Waals surface area contributed by atoms with Gasteiger partial charge in [0.1, 0.15) is 5.69 Å². The number of carbonyl (C=O) groups is 2. The monoisotopic (exact) mass is 362 g/mol. The number of likely N-dealkylation sites (tertiary alicyclic amines) is 1. The second-order valence-electron chi connectivity index (χ2n) is 6.82. The molecule has 3 rings (SSSR count). The summed E-state index contributed by atoms with van der Waals surface area (Å²) in [4.78, 5) is 30.0. The highest BCUT2D eigenvalue weighted by Crippen LogP contribution is 2.15. The predicted octanol–water partition coefficient (Wildman–Crippen LogP) is 2.55. The summed E-state index contributed by atoms with van der Waals surface area (Å²) >= 11 is 0. The number of pyridine rings is 1. The van der Waals surface area contributed by atoms with E-state index < -0.39 is 0 Å². The third-order valence-corrected chi connectivity index (χ3v) is 4.81. The molecule has 0 unspecified atom stereocenters. The standard InChI is InChI=1S/C21H22N4O2/c1-15(26)18-6-7-20(23-13-18)21(27)24-19-8-10-25(11-9-19)14-17-4-2-16(12-22)3-5-17/h2-7,13,19H,8-11,14H2,1H3,(H,24,27). The lowest BCUT2D eigenvalue weighted by atomic mass is 10.0. The third-order valence-electron chi connectivity index (χ3n) is 4.81. The minimum Gasteiger partial charge on any atom is -0.348 e. The molecule has 1 saturated heterocycles. The van der Waals surface area contributed by atoms with Crippen LogP contribution >= 0.6 is 0 Å². The highest BCUT2D eigenvalue weighted by Gasteiger charge is 2.21. The van der Waals surface area contributed by atoms with Crippen LogP contribution in [0.3, 0.4) is 0 Å². The lowest BCUT2D eigenvalue weighted by Crippen LogP contribution is -2.44. The van der Waals surface area contributed by atoms with Gasteiger partial charge < -0.3 is 5.32 Å². The molecule has 27 heavy (non-hydrogen) atoms. The summed E-state index contributed by atoms with van der Waals surface area (Å²) in [6, 6.07) is 13.1. The van der Waals surface area contributed by atoms with Crippen molar-refractivity contribution >= 4 is 11.7 Å². The second kappa shape index (κ2) is 8.56. The maximum Gasteiger partial charge on any atom is 0.270 e. The zero-order valence-electron chi connectivity index (χ0n) is 15.3. The molecule has 0 saturated carbocycles. The largest absolute Gasteiger partial charge is 0.348 e. The Hall–Kier alpha value is -3.04. The van der Waals surface area contributed by atoms with E-state index in [0.717, 1.165) is 32.5 Å². The number of benzene rings is 1. The Kier molecular flexibility index (Phi) is 5.94. The van der Waals surface area contributed by atoms with Crippen LogP contribution in [0.1, 0.15) is 51.7 Å². The smallest absolute Gasteiger partial charge is 0.270 e. The highest BCUT2D eigenvalue weighted by molar-refractivity contribution is 5.96. The number of piperidine rings is 1. The van der Waals surface area contributed by atoms with Crippen LogP contribution in [0.4, 0.5) is 0 Å². The summed E-state index contributed by atoms with van der Waals surface area (Å²) in [6.45, 7) is 4.13. The molecular weight excluding hydrogens is 340 g/mol. The molecule has 1 N–H and O–H groups in total. The van der Waals surface area contributed by atoms with E-state index in [-0.39, 0.29) is 17.7 Å². The first kappa shape index (κ1) is 18.7. The van der Waals surface area contributed by atoms with Gasteiger partial charge in [0.25, 0.3) is 5.91 Å². The van der Waals surface area contributed by atoms with Gasteiger partial charge in [-0.15, -0.1) is 0 Å². The fourth-order valence-electron chi connectivity index (χ4n) is 3.17. The summed E-state index contributed by atoms with van der Waals surface area (Å²) in [5.41, 5.74) is 2.69. The zero-order chi connectivity index (χ0) is 19.2. The van der Waals surface area contributed by atoms with E-state index >= 15 is 0 Å². The molecule has 0 bridgehead atoms. The number of nitrogens with zero attached hydrogens (tertiary/aromatic N) is 3. The van der Waals surface area contributed by atoms with E-state index in [1.54, 1.807) is 12.1 Å². The summed E-state index contributed by atoms with van der Waals surface area (Å²) in [6.07, 6.45) is 3.21. The van der Waals surface area contributed by atoms with Crippen LogP contribution < -0.4 is 5.32 Å². The number of hydrogen-bond donors (Lipinski definition) is 1. The SMILES string of the molecule is CC(=O)c1ccc(C(=O)NC2CCN(Cc3ccc(C#N)cc3)CC2)nc1. The fraction of sp³-hybridized carbons (Fsp3) is 0.333. The molecule has 0 aliphatic carbocycles. The fourth-order valence-corrected chi connectivity index (χ4v) is 3.17. The molecule has 1 aliphatic heterocycles. The van der Waals surface area contributed by atoms with Gasteiger partial charge in [-0.2, -0.15) is 5.26 Å². The topological polar surface area (TPSA) is 86.1 Å². The zero-order valence-corrected chi connectivity index (χ0v) is 15.3. The maximum atomic E-state index is 12.3. The summed E-state index contributed by atoms with van der Waals surface area (Å²) in [5, 5.41) is 11.9. The van der Waals surface area contributed by atoms with Crippen LogP contribution in [0, 0.1) is 11.3 Å². The molecule has 1 fully saturated rings. The van der Waals surface area contributed by atoms with Gasteiger partial charge in [0.15, 0.2) is 5.78 Å². The highest BCUT2D eigenvalue weighted by atomic mass is 16.2. The Morgan fingerprint density at radius 3 is 2.44 bits per heavy atom. The number of nitriles is 1. The number of ketones is 1. The maximum absolute atomic E-state index is 12.3. The van der Waals surface area contributed by atoms with Gasteiger partial charge in [-0.3, -0.25) is 19.5 Å². The van der Waals surface area contributed by atoms with Crippen molar-refractivity contribution in [2.75, 3.05) is 13.1 Å². The first-order valence-corrected chi connectivity index (χ1v) is 9.04. The van der Waals surface area contributed by atoms with E-state index in [9.17, 15) is 9.59 Å². The van der Waals surface area contributed by atoms with Crippen LogP contribution in [0.25, 0.3) is 0 Å². The van der Waals surface area contributed by atoms with Gasteiger partial charge in [-0.25, -0.2) is 0 Å². The molecule has 1 aromatic carbocycles. The minimum absolute atomic E-state index is 0.0657. The predicted molar refractivity (Wildman–Crippen MR) is 101 cm³/mol. The Labute approximate surface area is 158 Å². The van der Waals surface area contributed by atoms with E-state index in [1.165, 1.54) is 18.7 Å². The molecule has 2 heterocycles. The van der Waals surface area contributed by atoms with Crippen molar-refractivity contribution in [1.82, 2.24) is 15.2 Å². The van der Waals surface area contributed by atoms with Crippen LogP contribution in [0.5, 0.6) is 0 Å². The molecule has 0 spiro atoms. The molecule has 1 aromatic heterocycles. The van der Waals surface area contributed by atoms with Gasteiger partial charge in [-0.1, -0.05) is 12.1 Å². The first-order valence-electron chi connectivity index (χ1n) is 9.04. The normalized spacial score (nSPS) is 15.1. The van der Waals surface area contributed by atoms with Crippen molar-refractivity contribution in [2.24, 2.45) is 0 Å². The molecule has 6 nitrogen and oxygen atoms in total. The van der Waals surface area contributed by atoms with Crippen LogP contribution in [-0.4, -0.2) is 40.7 Å². The molecule has 6 heteroatoms. The molecule has 1 amide bonds. The number of nitrogens with one attached hydrogen (secondary N) is 1. The Morgan fingerprint density at radius 2 is 1.89 bits per heavy atom. The van der Waals surface area contributed by atoms with E-state index in [0.29, 0.717) is 16.8 Å². The molecule has 1 aliphatic rings. The third kappa shape index (κ3) is 4.99. The van der Waals surface area contributed by atoms with Crippen molar-refractivity contribution in [3.63, 3.8) is 0 Å². The van der Waals surface area contributed by atoms with E-state index in [2.05, 4.69) is 21.3 Å². The van der Waals surface area contributed by atoms with Crippen molar-refractivity contribution in [2.45, 2.75) is 32.4 Å². The quantitative estimate of drug-likeness (QED) is 0.826. The van der Waals surface area contributed by atoms with Gasteiger partial charge >= 0.3 is 0 Å². The number of carbonyl (C=O) groups excluding carboxylic acids is 2. The van der Waals surface area contributed by atoms with Crippen LogP contribution in [-0.2, 0) is 6.54 Å². The lowest BCUT2D eigenvalue weighted by Gasteiger charge is -2.32. The average Bonchev–Trinajstić information content (AvgIpc) is 2.70. The van der Waals surface area contributed by atoms with E-state index in [4.69, 9.17) is 5.26 Å². The van der Waals surface area contributed by atoms with Gasteiger partial charge in [0, 0.05) is 37.4 Å². The average molecular weight is 362 g/mol. The summed E-state index contributed by atoms with van der Waals surface area (Å²) in [5.74, 6) is -0.264. The second-order valence-corrected chi connectivity index (χ2v) is 6.82. The van der Waals surface area contributed by atoms with Gasteiger partial charge in [0.05, 0.1) is 11.6 Å². The molecule has 138 valence electrons. The van der Waals surface area contributed by atoms with Crippen molar-refractivity contribution < 1.29 is 9.59 Å². The number of Topliss-reactive ketones (excluding diaryl/α,β-unsaturated/α-hetero) is 1. The minimum atomic E-state index is -0.198. The molecule has 2 aromatic rings. The molecule has 0 atom stereocenters. The van der Waals surface area contributed by atoms with Gasteiger partial charge in [0.2, 0.25) is 0 Å². The summed E-state index contributed by atoms with van der Waals surface area (Å²) < 4.78 is 0. The van der Waals surface area contributed by atoms with E-state index in [1.807, 2.05) is 24.3 Å². The number of hydrogen-bond acceptors (Lipinski definition) is 5. The molecule has 0 radical (unpaired) electrons. The Balaban J connectivity index is 1.48. The number of aromatic nitrogens is 1. The number of amides is 1. The Bertz CT molecular complexity index is 845. The lowest BCUT2D eigenvalue weighted by molar-refractivity contribution is 0.0902. The Morgan fingerprint density at radius 1 is 1.19 bits per heavy atom.